The molecule has 10 heavy (non-hydrogen) atoms. The zero-order valence-corrected chi connectivity index (χ0v) is 6.42. The van der Waals surface area contributed by atoms with Crippen molar-refractivity contribution in [1.82, 2.24) is 0 Å². The van der Waals surface area contributed by atoms with Crippen molar-refractivity contribution < 1.29 is 5.11 Å². The molecule has 2 heteroatoms. The highest BCUT2D eigenvalue weighted by Crippen LogP contribution is 2.25. The minimum Gasteiger partial charge on any atom is -0.395 e. The highest BCUT2D eigenvalue weighted by Gasteiger charge is 2.18. The Morgan fingerprint density at radius 1 is 1.30 bits per heavy atom. The maximum Gasteiger partial charge on any atom is 0.0585 e. The molecule has 1 saturated carbocycles. The first kappa shape index (κ1) is 8.02. The van der Waals surface area contributed by atoms with Crippen molar-refractivity contribution in [3.8, 4) is 0 Å². The number of hydrogen-bond acceptors (Lipinski definition) is 2. The number of nitrogens with two attached hydrogens (primary N) is 1. The predicted molar refractivity (Wildman–Crippen MR) is 41.6 cm³/mol. The molecule has 1 atom stereocenters. The van der Waals surface area contributed by atoms with E-state index >= 15 is 0 Å². The molecule has 2 nitrogen and oxygen atoms in total. The fourth-order valence-corrected chi connectivity index (χ4v) is 1.71. The second-order valence-corrected chi connectivity index (χ2v) is 3.24. The van der Waals surface area contributed by atoms with Crippen molar-refractivity contribution in [1.29, 1.82) is 0 Å². The Kier molecular flexibility index (Phi) is 3.16. The molecule has 0 aromatic carbocycles. The van der Waals surface area contributed by atoms with E-state index < -0.39 is 0 Å². The first-order valence-electron chi connectivity index (χ1n) is 4.21. The molecule has 0 aromatic heterocycles. The Morgan fingerprint density at radius 3 is 2.40 bits per heavy atom. The summed E-state index contributed by atoms with van der Waals surface area (Å²) in [5.74, 6) is 0.596. The second-order valence-electron chi connectivity index (χ2n) is 3.24. The second kappa shape index (κ2) is 3.94. The molecule has 0 aromatic rings. The Balaban J connectivity index is 2.24. The fourth-order valence-electron chi connectivity index (χ4n) is 1.71. The van der Waals surface area contributed by atoms with Crippen LogP contribution in [0.3, 0.4) is 0 Å². The summed E-state index contributed by atoms with van der Waals surface area (Å²) in [7, 11) is 0. The van der Waals surface area contributed by atoms with E-state index in [1.54, 1.807) is 0 Å². The third-order valence-electron chi connectivity index (χ3n) is 2.47. The van der Waals surface area contributed by atoms with Crippen LogP contribution in [0.25, 0.3) is 0 Å². The van der Waals surface area contributed by atoms with Gasteiger partial charge < -0.3 is 10.8 Å². The monoisotopic (exact) mass is 143 g/mol. The minimum absolute atomic E-state index is 0.0419. The van der Waals surface area contributed by atoms with Gasteiger partial charge in [-0.15, -0.1) is 0 Å². The molecule has 0 heterocycles. The molecular weight excluding hydrogens is 126 g/mol. The summed E-state index contributed by atoms with van der Waals surface area (Å²) in [6.45, 7) is 0.157. The SMILES string of the molecule is N[C@@H](CO)C1CCCCC1. The highest BCUT2D eigenvalue weighted by atomic mass is 16.3. The van der Waals surface area contributed by atoms with Crippen molar-refractivity contribution in [2.75, 3.05) is 6.61 Å². The van der Waals surface area contributed by atoms with Gasteiger partial charge in [-0.05, 0) is 18.8 Å². The zero-order chi connectivity index (χ0) is 7.40. The molecule has 0 amide bonds. The van der Waals surface area contributed by atoms with Crippen LogP contribution in [0.15, 0.2) is 0 Å². The summed E-state index contributed by atoms with van der Waals surface area (Å²) < 4.78 is 0. The zero-order valence-electron chi connectivity index (χ0n) is 6.42. The number of hydrogen-bond donors (Lipinski definition) is 2. The lowest BCUT2D eigenvalue weighted by Gasteiger charge is -2.25. The lowest BCUT2D eigenvalue weighted by Crippen LogP contribution is -2.34. The molecule has 0 saturated heterocycles. The van der Waals surface area contributed by atoms with Crippen molar-refractivity contribution in [2.45, 2.75) is 38.1 Å². The van der Waals surface area contributed by atoms with Gasteiger partial charge in [-0.1, -0.05) is 19.3 Å². The van der Waals surface area contributed by atoms with Crippen molar-refractivity contribution in [3.05, 3.63) is 0 Å². The van der Waals surface area contributed by atoms with Crippen LogP contribution in [-0.2, 0) is 0 Å². The molecule has 0 unspecified atom stereocenters. The third kappa shape index (κ3) is 1.96. The van der Waals surface area contributed by atoms with E-state index in [-0.39, 0.29) is 12.6 Å². The molecular formula is C8H17NO. The van der Waals surface area contributed by atoms with Gasteiger partial charge in [0.15, 0.2) is 0 Å². The third-order valence-corrected chi connectivity index (χ3v) is 2.47. The topological polar surface area (TPSA) is 46.2 Å². The average Bonchev–Trinajstić information content (AvgIpc) is 2.05. The van der Waals surface area contributed by atoms with E-state index in [9.17, 15) is 0 Å². The van der Waals surface area contributed by atoms with Crippen LogP contribution in [0, 0.1) is 5.92 Å². The number of aliphatic hydroxyl groups excluding tert-OH is 1. The molecule has 0 bridgehead atoms. The molecule has 0 spiro atoms. The van der Waals surface area contributed by atoms with Gasteiger partial charge in [0.05, 0.1) is 6.61 Å². The summed E-state index contributed by atoms with van der Waals surface area (Å²) >= 11 is 0. The van der Waals surface area contributed by atoms with Crippen LogP contribution in [0.2, 0.25) is 0 Å². The van der Waals surface area contributed by atoms with Crippen LogP contribution in [0.4, 0.5) is 0 Å². The van der Waals surface area contributed by atoms with Crippen molar-refractivity contribution >= 4 is 0 Å². The van der Waals surface area contributed by atoms with E-state index in [4.69, 9.17) is 10.8 Å². The van der Waals surface area contributed by atoms with E-state index in [1.165, 1.54) is 32.1 Å². The van der Waals surface area contributed by atoms with Gasteiger partial charge in [0.25, 0.3) is 0 Å². The molecule has 0 aliphatic heterocycles. The van der Waals surface area contributed by atoms with Gasteiger partial charge >= 0.3 is 0 Å². The lowest BCUT2D eigenvalue weighted by atomic mass is 9.85. The van der Waals surface area contributed by atoms with Gasteiger partial charge in [-0.25, -0.2) is 0 Å². The van der Waals surface area contributed by atoms with Crippen LogP contribution < -0.4 is 5.73 Å². The Labute approximate surface area is 62.4 Å². The quantitative estimate of drug-likeness (QED) is 0.603. The normalized spacial score (nSPS) is 24.6. The first-order chi connectivity index (χ1) is 4.84. The van der Waals surface area contributed by atoms with Gasteiger partial charge in [-0.3, -0.25) is 0 Å². The van der Waals surface area contributed by atoms with E-state index in [2.05, 4.69) is 0 Å². The van der Waals surface area contributed by atoms with E-state index in [0.29, 0.717) is 5.92 Å². The largest absolute Gasteiger partial charge is 0.395 e. The molecule has 0 radical (unpaired) electrons. The van der Waals surface area contributed by atoms with Crippen LogP contribution in [-0.4, -0.2) is 17.8 Å². The van der Waals surface area contributed by atoms with Crippen LogP contribution in [0.1, 0.15) is 32.1 Å². The summed E-state index contributed by atoms with van der Waals surface area (Å²) in [5, 5.41) is 8.76. The van der Waals surface area contributed by atoms with E-state index in [0.717, 1.165) is 0 Å². The van der Waals surface area contributed by atoms with Gasteiger partial charge in [0, 0.05) is 6.04 Å². The highest BCUT2D eigenvalue weighted by molar-refractivity contribution is 4.75. The average molecular weight is 143 g/mol. The summed E-state index contributed by atoms with van der Waals surface area (Å²) in [6.07, 6.45) is 6.41. The van der Waals surface area contributed by atoms with Gasteiger partial charge in [-0.2, -0.15) is 0 Å². The fraction of sp³-hybridized carbons (Fsp3) is 1.00. The minimum atomic E-state index is 0.0419. The predicted octanol–water partition coefficient (Wildman–Crippen LogP) is 0.886. The van der Waals surface area contributed by atoms with Gasteiger partial charge in [0.2, 0.25) is 0 Å². The molecule has 60 valence electrons. The number of aliphatic hydroxyl groups is 1. The van der Waals surface area contributed by atoms with Gasteiger partial charge in [0.1, 0.15) is 0 Å². The van der Waals surface area contributed by atoms with E-state index in [1.807, 2.05) is 0 Å². The Hall–Kier alpha value is -0.0800. The molecule has 1 aliphatic carbocycles. The molecule has 1 rings (SSSR count). The molecule has 1 aliphatic rings. The lowest BCUT2D eigenvalue weighted by molar-refractivity contribution is 0.198. The molecule has 3 N–H and O–H groups in total. The molecule has 1 fully saturated rings. The van der Waals surface area contributed by atoms with Crippen molar-refractivity contribution in [2.24, 2.45) is 11.7 Å². The first-order valence-corrected chi connectivity index (χ1v) is 4.21. The maximum atomic E-state index is 8.76. The number of rotatable bonds is 2. The summed E-state index contributed by atoms with van der Waals surface area (Å²) in [6, 6.07) is 0.0419. The smallest absolute Gasteiger partial charge is 0.0585 e. The van der Waals surface area contributed by atoms with Crippen LogP contribution in [0.5, 0.6) is 0 Å². The standard InChI is InChI=1S/C8H17NO/c9-8(6-10)7-4-2-1-3-5-7/h7-8,10H,1-6,9H2/t8-/m0/s1. The summed E-state index contributed by atoms with van der Waals surface area (Å²) in [4.78, 5) is 0. The maximum absolute atomic E-state index is 8.76. The Morgan fingerprint density at radius 2 is 1.90 bits per heavy atom. The Bertz CT molecular complexity index is 89.3. The summed E-state index contributed by atoms with van der Waals surface area (Å²) in [5.41, 5.74) is 5.70. The van der Waals surface area contributed by atoms with Crippen LogP contribution >= 0.6 is 0 Å². The van der Waals surface area contributed by atoms with Crippen molar-refractivity contribution in [3.63, 3.8) is 0 Å².